The number of methoxy groups -OCH3 is 2. The normalized spacial score (nSPS) is 9.69. The summed E-state index contributed by atoms with van der Waals surface area (Å²) in [6, 6.07) is 3.56. The molecule has 1 N–H and O–H groups in total. The lowest BCUT2D eigenvalue weighted by atomic mass is 10.2. The summed E-state index contributed by atoms with van der Waals surface area (Å²) >= 11 is 6.03. The number of ether oxygens (including phenoxy) is 2. The largest absolute Gasteiger partial charge is 0.495 e. The molecule has 0 radical (unpaired) electrons. The molecule has 88 valence electrons. The Balaban J connectivity index is 2.89. The minimum atomic E-state index is 0.560. The molecule has 16 heavy (non-hydrogen) atoms. The molecule has 0 aliphatic heterocycles. The fourth-order valence-corrected chi connectivity index (χ4v) is 1.55. The van der Waals surface area contributed by atoms with E-state index in [0.29, 0.717) is 16.5 Å². The quantitative estimate of drug-likeness (QED) is 0.612. The van der Waals surface area contributed by atoms with Gasteiger partial charge in [0.1, 0.15) is 11.5 Å². The monoisotopic (exact) mass is 241 g/mol. The highest BCUT2D eigenvalue weighted by atomic mass is 35.5. The van der Waals surface area contributed by atoms with Gasteiger partial charge in [0.15, 0.2) is 0 Å². The number of anilines is 1. The second kappa shape index (κ2) is 6.28. The van der Waals surface area contributed by atoms with E-state index in [1.807, 2.05) is 6.08 Å². The van der Waals surface area contributed by atoms with E-state index in [9.17, 15) is 0 Å². The summed E-state index contributed by atoms with van der Waals surface area (Å²) < 4.78 is 10.4. The summed E-state index contributed by atoms with van der Waals surface area (Å²) in [5.41, 5.74) is 0.857. The lowest BCUT2D eigenvalue weighted by Crippen LogP contribution is -2.02. The fourth-order valence-electron chi connectivity index (χ4n) is 1.31. The molecule has 0 aromatic heterocycles. The second-order valence-corrected chi connectivity index (χ2v) is 3.60. The van der Waals surface area contributed by atoms with Crippen LogP contribution < -0.4 is 14.8 Å². The van der Waals surface area contributed by atoms with Gasteiger partial charge in [0, 0.05) is 12.6 Å². The lowest BCUT2D eigenvalue weighted by molar-refractivity contribution is 0.395. The molecule has 0 heterocycles. The van der Waals surface area contributed by atoms with Crippen molar-refractivity contribution in [1.82, 2.24) is 0 Å². The average Bonchev–Trinajstić information content (AvgIpc) is 2.30. The maximum absolute atomic E-state index is 6.03. The molecule has 0 spiro atoms. The topological polar surface area (TPSA) is 30.5 Å². The smallest absolute Gasteiger partial charge is 0.145 e. The molecule has 0 atom stereocenters. The first-order chi connectivity index (χ1) is 7.72. The van der Waals surface area contributed by atoms with Crippen LogP contribution in [0, 0.1) is 0 Å². The van der Waals surface area contributed by atoms with Gasteiger partial charge in [-0.05, 0) is 12.5 Å². The molecule has 0 aliphatic rings. The van der Waals surface area contributed by atoms with Crippen LogP contribution in [0.15, 0.2) is 24.8 Å². The van der Waals surface area contributed by atoms with Crippen LogP contribution in [-0.2, 0) is 0 Å². The zero-order chi connectivity index (χ0) is 12.0. The number of halogens is 1. The summed E-state index contributed by atoms with van der Waals surface area (Å²) in [7, 11) is 3.19. The standard InChI is InChI=1S/C12H16ClNO2/c1-4-5-6-14-10-7-9(13)11(15-2)8-12(10)16-3/h4,7-8,14H,1,5-6H2,2-3H3. The van der Waals surface area contributed by atoms with Crippen molar-refractivity contribution in [1.29, 1.82) is 0 Å². The third-order valence-electron chi connectivity index (χ3n) is 2.14. The third-order valence-corrected chi connectivity index (χ3v) is 2.43. The summed E-state index contributed by atoms with van der Waals surface area (Å²) in [4.78, 5) is 0. The number of rotatable bonds is 6. The van der Waals surface area contributed by atoms with Crippen molar-refractivity contribution in [2.75, 3.05) is 26.1 Å². The molecule has 0 saturated heterocycles. The molecule has 0 amide bonds. The molecule has 1 aromatic carbocycles. The minimum absolute atomic E-state index is 0.560. The molecule has 4 heteroatoms. The van der Waals surface area contributed by atoms with Gasteiger partial charge >= 0.3 is 0 Å². The molecule has 1 rings (SSSR count). The van der Waals surface area contributed by atoms with Crippen molar-refractivity contribution >= 4 is 17.3 Å². The van der Waals surface area contributed by atoms with Crippen LogP contribution in [0.3, 0.4) is 0 Å². The van der Waals surface area contributed by atoms with Gasteiger partial charge in [-0.3, -0.25) is 0 Å². The van der Waals surface area contributed by atoms with Crippen LogP contribution in [0.4, 0.5) is 5.69 Å². The highest BCUT2D eigenvalue weighted by molar-refractivity contribution is 6.32. The summed E-state index contributed by atoms with van der Waals surface area (Å²) in [6.45, 7) is 4.46. The predicted molar refractivity (Wildman–Crippen MR) is 67.9 cm³/mol. The van der Waals surface area contributed by atoms with Crippen LogP contribution in [0.2, 0.25) is 5.02 Å². The maximum atomic E-state index is 6.03. The highest BCUT2D eigenvalue weighted by Crippen LogP contribution is 2.35. The summed E-state index contributed by atoms with van der Waals surface area (Å²) in [6.07, 6.45) is 2.73. The Morgan fingerprint density at radius 1 is 1.31 bits per heavy atom. The Hall–Kier alpha value is -1.35. The Morgan fingerprint density at radius 2 is 2.00 bits per heavy atom. The van der Waals surface area contributed by atoms with Crippen molar-refractivity contribution in [3.8, 4) is 11.5 Å². The SMILES string of the molecule is C=CCCNc1cc(Cl)c(OC)cc1OC. The van der Waals surface area contributed by atoms with Gasteiger partial charge in [-0.15, -0.1) is 6.58 Å². The van der Waals surface area contributed by atoms with Crippen LogP contribution in [0.1, 0.15) is 6.42 Å². The number of benzene rings is 1. The minimum Gasteiger partial charge on any atom is -0.495 e. The van der Waals surface area contributed by atoms with Gasteiger partial charge in [0.05, 0.1) is 24.9 Å². The molecule has 0 saturated carbocycles. The fraction of sp³-hybridized carbons (Fsp3) is 0.333. The Labute approximate surface area is 101 Å². The van der Waals surface area contributed by atoms with Crippen molar-refractivity contribution in [3.63, 3.8) is 0 Å². The van der Waals surface area contributed by atoms with Crippen LogP contribution >= 0.6 is 11.6 Å². The zero-order valence-corrected chi connectivity index (χ0v) is 10.3. The first kappa shape index (κ1) is 12.7. The molecule has 0 fully saturated rings. The highest BCUT2D eigenvalue weighted by Gasteiger charge is 2.08. The van der Waals surface area contributed by atoms with Crippen LogP contribution in [0.25, 0.3) is 0 Å². The number of hydrogen-bond acceptors (Lipinski definition) is 3. The van der Waals surface area contributed by atoms with E-state index < -0.39 is 0 Å². The summed E-state index contributed by atoms with van der Waals surface area (Å²) in [5.74, 6) is 1.32. The van der Waals surface area contributed by atoms with E-state index in [2.05, 4.69) is 11.9 Å². The van der Waals surface area contributed by atoms with Crippen LogP contribution in [-0.4, -0.2) is 20.8 Å². The van der Waals surface area contributed by atoms with Gasteiger partial charge in [-0.1, -0.05) is 17.7 Å². The van der Waals surface area contributed by atoms with Crippen molar-refractivity contribution in [2.24, 2.45) is 0 Å². The van der Waals surface area contributed by atoms with Gasteiger partial charge in [0.2, 0.25) is 0 Å². The third kappa shape index (κ3) is 3.07. The predicted octanol–water partition coefficient (Wildman–Crippen LogP) is 3.35. The van der Waals surface area contributed by atoms with E-state index in [-0.39, 0.29) is 0 Å². The first-order valence-electron chi connectivity index (χ1n) is 4.99. The average molecular weight is 242 g/mol. The molecular formula is C12H16ClNO2. The molecular weight excluding hydrogens is 226 g/mol. The Bertz CT molecular complexity index is 366. The molecule has 0 bridgehead atoms. The van der Waals surface area contributed by atoms with E-state index >= 15 is 0 Å². The number of hydrogen-bond donors (Lipinski definition) is 1. The lowest BCUT2D eigenvalue weighted by Gasteiger charge is -2.13. The zero-order valence-electron chi connectivity index (χ0n) is 9.55. The van der Waals surface area contributed by atoms with E-state index in [0.717, 1.165) is 18.7 Å². The van der Waals surface area contributed by atoms with E-state index in [1.165, 1.54) is 0 Å². The van der Waals surface area contributed by atoms with Gasteiger partial charge in [-0.25, -0.2) is 0 Å². The first-order valence-corrected chi connectivity index (χ1v) is 5.37. The van der Waals surface area contributed by atoms with Crippen LogP contribution in [0.5, 0.6) is 11.5 Å². The van der Waals surface area contributed by atoms with Crippen molar-refractivity contribution in [3.05, 3.63) is 29.8 Å². The van der Waals surface area contributed by atoms with Gasteiger partial charge in [0.25, 0.3) is 0 Å². The molecule has 1 aromatic rings. The summed E-state index contributed by atoms with van der Waals surface area (Å²) in [5, 5.41) is 3.78. The molecule has 3 nitrogen and oxygen atoms in total. The molecule has 0 aliphatic carbocycles. The second-order valence-electron chi connectivity index (χ2n) is 3.19. The van der Waals surface area contributed by atoms with Gasteiger partial charge in [-0.2, -0.15) is 0 Å². The van der Waals surface area contributed by atoms with Crippen molar-refractivity contribution in [2.45, 2.75) is 6.42 Å². The maximum Gasteiger partial charge on any atom is 0.145 e. The van der Waals surface area contributed by atoms with Crippen molar-refractivity contribution < 1.29 is 9.47 Å². The van der Waals surface area contributed by atoms with E-state index in [4.69, 9.17) is 21.1 Å². The Kier molecular flexibility index (Phi) is 4.99. The van der Waals surface area contributed by atoms with E-state index in [1.54, 1.807) is 26.4 Å². The Morgan fingerprint density at radius 3 is 2.56 bits per heavy atom. The van der Waals surface area contributed by atoms with Gasteiger partial charge < -0.3 is 14.8 Å². The molecule has 0 unspecified atom stereocenters. The number of nitrogens with one attached hydrogen (secondary N) is 1.